The van der Waals surface area contributed by atoms with Gasteiger partial charge in [-0.3, -0.25) is 0 Å². The minimum absolute atomic E-state index is 0.0532. The van der Waals surface area contributed by atoms with Crippen LogP contribution in [-0.2, 0) is 9.53 Å². The molecule has 0 bridgehead atoms. The third-order valence-corrected chi connectivity index (χ3v) is 3.45. The molecule has 6 nitrogen and oxygen atoms in total. The molecular formula is C14H26N2O4. The Bertz CT molecular complexity index is 350. The van der Waals surface area contributed by atoms with Crippen molar-refractivity contribution in [2.75, 3.05) is 19.7 Å². The summed E-state index contributed by atoms with van der Waals surface area (Å²) in [5.41, 5.74) is -0.531. The predicted molar refractivity (Wildman–Crippen MR) is 75.6 cm³/mol. The van der Waals surface area contributed by atoms with E-state index in [2.05, 4.69) is 5.32 Å². The Balaban J connectivity index is 2.62. The molecular weight excluding hydrogens is 260 g/mol. The number of nitrogens with one attached hydrogen (secondary N) is 1. The molecule has 1 aliphatic heterocycles. The van der Waals surface area contributed by atoms with Crippen molar-refractivity contribution in [3.63, 3.8) is 0 Å². The highest BCUT2D eigenvalue weighted by Gasteiger charge is 2.34. The number of aliphatic carboxylic acids is 1. The van der Waals surface area contributed by atoms with Crippen molar-refractivity contribution in [1.82, 2.24) is 10.2 Å². The summed E-state index contributed by atoms with van der Waals surface area (Å²) in [5.74, 6) is -1.01. The lowest BCUT2D eigenvalue weighted by molar-refractivity contribution is -0.142. The van der Waals surface area contributed by atoms with Crippen LogP contribution in [0.1, 0.15) is 40.5 Å². The molecule has 116 valence electrons. The zero-order valence-electron chi connectivity index (χ0n) is 12.8. The van der Waals surface area contributed by atoms with Crippen LogP contribution in [-0.4, -0.2) is 53.8 Å². The molecule has 2 N–H and O–H groups in total. The molecule has 20 heavy (non-hydrogen) atoms. The number of amides is 2. The monoisotopic (exact) mass is 286 g/mol. The largest absolute Gasteiger partial charge is 0.480 e. The lowest BCUT2D eigenvalue weighted by atomic mass is 9.87. The standard InChI is InChI=1S/C14H26N2O4/c1-5-20-10-7-6-8-16(9-10)13(19)15-11(12(17)18)14(2,3)4/h10-11H,5-9H2,1-4H3,(H,15,19)(H,17,18). The van der Waals surface area contributed by atoms with Gasteiger partial charge >= 0.3 is 12.0 Å². The molecule has 0 aromatic rings. The van der Waals surface area contributed by atoms with Gasteiger partial charge in [-0.1, -0.05) is 20.8 Å². The van der Waals surface area contributed by atoms with Crippen LogP contribution < -0.4 is 5.32 Å². The Morgan fingerprint density at radius 3 is 2.60 bits per heavy atom. The SMILES string of the molecule is CCOC1CCCN(C(=O)NC(C(=O)O)C(C)(C)C)C1. The van der Waals surface area contributed by atoms with E-state index in [1.165, 1.54) is 0 Å². The van der Waals surface area contributed by atoms with Crippen LogP contribution in [0.2, 0.25) is 0 Å². The molecule has 2 unspecified atom stereocenters. The number of rotatable bonds is 4. The highest BCUT2D eigenvalue weighted by Crippen LogP contribution is 2.20. The topological polar surface area (TPSA) is 78.9 Å². The number of ether oxygens (including phenoxy) is 1. The number of carbonyl (C=O) groups excluding carboxylic acids is 1. The van der Waals surface area contributed by atoms with Crippen LogP contribution >= 0.6 is 0 Å². The summed E-state index contributed by atoms with van der Waals surface area (Å²) in [5, 5.41) is 11.9. The molecule has 0 aliphatic carbocycles. The smallest absolute Gasteiger partial charge is 0.326 e. The lowest BCUT2D eigenvalue weighted by Gasteiger charge is -2.35. The summed E-state index contributed by atoms with van der Waals surface area (Å²) in [6.45, 7) is 9.11. The molecule has 1 aliphatic rings. The Hall–Kier alpha value is -1.30. The molecule has 0 saturated carbocycles. The summed E-state index contributed by atoms with van der Waals surface area (Å²) in [4.78, 5) is 25.1. The first-order valence-electron chi connectivity index (χ1n) is 7.15. The molecule has 1 saturated heterocycles. The van der Waals surface area contributed by atoms with Gasteiger partial charge in [-0.25, -0.2) is 9.59 Å². The van der Waals surface area contributed by atoms with E-state index in [9.17, 15) is 14.7 Å². The summed E-state index contributed by atoms with van der Waals surface area (Å²) in [7, 11) is 0. The van der Waals surface area contributed by atoms with Gasteiger partial charge in [0, 0.05) is 19.7 Å². The first kappa shape index (κ1) is 16.8. The number of likely N-dealkylation sites (tertiary alicyclic amines) is 1. The summed E-state index contributed by atoms with van der Waals surface area (Å²) in [6.07, 6.45) is 1.88. The molecule has 2 atom stereocenters. The van der Waals surface area contributed by atoms with Crippen molar-refractivity contribution < 1.29 is 19.4 Å². The number of nitrogens with zero attached hydrogens (tertiary/aromatic N) is 1. The van der Waals surface area contributed by atoms with Crippen LogP contribution in [0, 0.1) is 5.41 Å². The second-order valence-corrected chi connectivity index (χ2v) is 6.25. The fourth-order valence-electron chi connectivity index (χ4n) is 2.36. The van der Waals surface area contributed by atoms with Crippen molar-refractivity contribution in [3.8, 4) is 0 Å². The minimum Gasteiger partial charge on any atom is -0.480 e. The fourth-order valence-corrected chi connectivity index (χ4v) is 2.36. The van der Waals surface area contributed by atoms with Crippen LogP contribution in [0.5, 0.6) is 0 Å². The molecule has 0 spiro atoms. The highest BCUT2D eigenvalue weighted by molar-refractivity contribution is 5.83. The molecule has 0 aromatic carbocycles. The van der Waals surface area contributed by atoms with Gasteiger partial charge in [0.25, 0.3) is 0 Å². The second kappa shape index (κ2) is 6.92. The van der Waals surface area contributed by atoms with E-state index in [1.54, 1.807) is 25.7 Å². The highest BCUT2D eigenvalue weighted by atomic mass is 16.5. The van der Waals surface area contributed by atoms with E-state index in [0.717, 1.165) is 12.8 Å². The second-order valence-electron chi connectivity index (χ2n) is 6.25. The predicted octanol–water partition coefficient (Wildman–Crippen LogP) is 1.70. The van der Waals surface area contributed by atoms with Crippen molar-refractivity contribution in [2.24, 2.45) is 5.41 Å². The zero-order chi connectivity index (χ0) is 15.3. The Labute approximate surface area is 120 Å². The molecule has 6 heteroatoms. The Kier molecular flexibility index (Phi) is 5.80. The average molecular weight is 286 g/mol. The van der Waals surface area contributed by atoms with E-state index in [1.807, 2.05) is 6.92 Å². The van der Waals surface area contributed by atoms with Gasteiger partial charge in [0.15, 0.2) is 0 Å². The molecule has 2 amide bonds. The van der Waals surface area contributed by atoms with Crippen molar-refractivity contribution in [3.05, 3.63) is 0 Å². The molecule has 1 fully saturated rings. The first-order chi connectivity index (χ1) is 9.25. The van der Waals surface area contributed by atoms with Gasteiger partial charge in [-0.05, 0) is 25.2 Å². The fraction of sp³-hybridized carbons (Fsp3) is 0.857. The third kappa shape index (κ3) is 4.67. The summed E-state index contributed by atoms with van der Waals surface area (Å²) >= 11 is 0. The zero-order valence-corrected chi connectivity index (χ0v) is 12.8. The van der Waals surface area contributed by atoms with E-state index < -0.39 is 17.4 Å². The van der Waals surface area contributed by atoms with Crippen molar-refractivity contribution >= 4 is 12.0 Å². The van der Waals surface area contributed by atoms with E-state index >= 15 is 0 Å². The Morgan fingerprint density at radius 2 is 2.10 bits per heavy atom. The van der Waals surface area contributed by atoms with E-state index in [0.29, 0.717) is 19.7 Å². The van der Waals surface area contributed by atoms with E-state index in [4.69, 9.17) is 4.74 Å². The Morgan fingerprint density at radius 1 is 1.45 bits per heavy atom. The molecule has 0 aromatic heterocycles. The summed E-state index contributed by atoms with van der Waals surface area (Å²) in [6, 6.07) is -1.22. The number of carboxylic acid groups (broad SMARTS) is 1. The van der Waals surface area contributed by atoms with Gasteiger partial charge in [-0.15, -0.1) is 0 Å². The van der Waals surface area contributed by atoms with Crippen LogP contribution in [0.4, 0.5) is 4.79 Å². The van der Waals surface area contributed by atoms with Gasteiger partial charge in [0.05, 0.1) is 6.10 Å². The molecule has 0 radical (unpaired) electrons. The molecule has 1 rings (SSSR count). The number of hydrogen-bond acceptors (Lipinski definition) is 3. The minimum atomic E-state index is -1.01. The van der Waals surface area contributed by atoms with Gasteiger partial charge < -0.3 is 20.1 Å². The van der Waals surface area contributed by atoms with Gasteiger partial charge in [-0.2, -0.15) is 0 Å². The maximum absolute atomic E-state index is 12.2. The summed E-state index contributed by atoms with van der Waals surface area (Å²) < 4.78 is 5.54. The first-order valence-corrected chi connectivity index (χ1v) is 7.15. The number of hydrogen-bond donors (Lipinski definition) is 2. The maximum atomic E-state index is 12.2. The van der Waals surface area contributed by atoms with E-state index in [-0.39, 0.29) is 12.1 Å². The van der Waals surface area contributed by atoms with Crippen molar-refractivity contribution in [1.29, 1.82) is 0 Å². The number of carbonyl (C=O) groups is 2. The van der Waals surface area contributed by atoms with Crippen LogP contribution in [0.15, 0.2) is 0 Å². The third-order valence-electron chi connectivity index (χ3n) is 3.45. The number of piperidine rings is 1. The average Bonchev–Trinajstić information content (AvgIpc) is 2.34. The maximum Gasteiger partial charge on any atom is 0.326 e. The molecule has 1 heterocycles. The van der Waals surface area contributed by atoms with Crippen LogP contribution in [0.3, 0.4) is 0 Å². The van der Waals surface area contributed by atoms with Gasteiger partial charge in [0.1, 0.15) is 6.04 Å². The van der Waals surface area contributed by atoms with Crippen molar-refractivity contribution in [2.45, 2.75) is 52.7 Å². The normalized spacial score (nSPS) is 21.4. The van der Waals surface area contributed by atoms with Crippen LogP contribution in [0.25, 0.3) is 0 Å². The number of carboxylic acids is 1. The lowest BCUT2D eigenvalue weighted by Crippen LogP contribution is -2.55. The van der Waals surface area contributed by atoms with Gasteiger partial charge in [0.2, 0.25) is 0 Å². The number of urea groups is 1. The quantitative estimate of drug-likeness (QED) is 0.824.